The van der Waals surface area contributed by atoms with Crippen LogP contribution in [0.1, 0.15) is 11.1 Å². The van der Waals surface area contributed by atoms with Crippen LogP contribution in [0.3, 0.4) is 0 Å². The molecule has 0 spiro atoms. The van der Waals surface area contributed by atoms with Gasteiger partial charge in [-0.05, 0) is 29.8 Å². The number of anilines is 2. The normalized spacial score (nSPS) is 10.9. The lowest BCUT2D eigenvalue weighted by molar-refractivity contribution is 0.600. The molecule has 0 heterocycles. The fourth-order valence-corrected chi connectivity index (χ4v) is 3.22. The van der Waals surface area contributed by atoms with Crippen LogP contribution in [0.5, 0.6) is 0 Å². The summed E-state index contributed by atoms with van der Waals surface area (Å²) in [6.45, 7) is 0. The summed E-state index contributed by atoms with van der Waals surface area (Å²) < 4.78 is 26.7. The molecule has 0 saturated carbocycles. The highest BCUT2D eigenvalue weighted by Gasteiger charge is 2.15. The third kappa shape index (κ3) is 3.88. The number of nitriles is 1. The molecule has 7 heteroatoms. The lowest BCUT2D eigenvalue weighted by Gasteiger charge is -2.11. The van der Waals surface area contributed by atoms with Gasteiger partial charge in [-0.15, -0.1) is 0 Å². The van der Waals surface area contributed by atoms with E-state index in [-0.39, 0.29) is 16.5 Å². The average molecular weight is 322 g/mol. The van der Waals surface area contributed by atoms with Gasteiger partial charge in [0.2, 0.25) is 10.0 Å². The van der Waals surface area contributed by atoms with E-state index in [4.69, 9.17) is 22.6 Å². The molecule has 0 unspecified atom stereocenters. The van der Waals surface area contributed by atoms with Crippen LogP contribution in [0.25, 0.3) is 0 Å². The van der Waals surface area contributed by atoms with Crippen molar-refractivity contribution in [1.29, 1.82) is 5.26 Å². The molecule has 2 aromatic rings. The van der Waals surface area contributed by atoms with Gasteiger partial charge >= 0.3 is 0 Å². The third-order valence-corrected chi connectivity index (χ3v) is 4.31. The van der Waals surface area contributed by atoms with E-state index in [1.165, 1.54) is 18.2 Å². The van der Waals surface area contributed by atoms with Crippen molar-refractivity contribution in [3.63, 3.8) is 0 Å². The number of sulfonamides is 1. The van der Waals surface area contributed by atoms with Gasteiger partial charge in [-0.2, -0.15) is 5.26 Å². The van der Waals surface area contributed by atoms with Crippen molar-refractivity contribution in [2.45, 2.75) is 5.75 Å². The number of hydrogen-bond acceptors (Lipinski definition) is 4. The topological polar surface area (TPSA) is 96.0 Å². The van der Waals surface area contributed by atoms with E-state index < -0.39 is 10.0 Å². The van der Waals surface area contributed by atoms with Crippen molar-refractivity contribution in [3.05, 3.63) is 58.6 Å². The second-order valence-electron chi connectivity index (χ2n) is 4.37. The standard InChI is InChI=1S/C14H12ClN3O2S/c15-12-6-5-10(8-16)7-14(12)18-21(19,20)9-11-3-1-2-4-13(11)17/h1-7,18H,9,17H2. The second kappa shape index (κ2) is 6.04. The van der Waals surface area contributed by atoms with Gasteiger partial charge < -0.3 is 5.73 Å². The highest BCUT2D eigenvalue weighted by atomic mass is 35.5. The molecule has 21 heavy (non-hydrogen) atoms. The molecule has 0 aromatic heterocycles. The molecule has 0 aliphatic rings. The van der Waals surface area contributed by atoms with Gasteiger partial charge in [0.15, 0.2) is 0 Å². The van der Waals surface area contributed by atoms with E-state index >= 15 is 0 Å². The van der Waals surface area contributed by atoms with E-state index in [1.807, 2.05) is 6.07 Å². The minimum atomic E-state index is -3.68. The molecule has 3 N–H and O–H groups in total. The lowest BCUT2D eigenvalue weighted by atomic mass is 10.2. The van der Waals surface area contributed by atoms with Gasteiger partial charge in [-0.3, -0.25) is 4.72 Å². The van der Waals surface area contributed by atoms with E-state index in [0.29, 0.717) is 16.8 Å². The SMILES string of the molecule is N#Cc1ccc(Cl)c(NS(=O)(=O)Cc2ccccc2N)c1. The Bertz CT molecular complexity index is 813. The fourth-order valence-electron chi connectivity index (χ4n) is 1.75. The quantitative estimate of drug-likeness (QED) is 0.846. The number of benzene rings is 2. The van der Waals surface area contributed by atoms with Crippen LogP contribution in [-0.2, 0) is 15.8 Å². The molecule has 2 rings (SSSR count). The summed E-state index contributed by atoms with van der Waals surface area (Å²) in [5, 5.41) is 9.06. The van der Waals surface area contributed by atoms with E-state index in [9.17, 15) is 8.42 Å². The highest BCUT2D eigenvalue weighted by molar-refractivity contribution is 7.91. The fraction of sp³-hybridized carbons (Fsp3) is 0.0714. The molecule has 0 amide bonds. The summed E-state index contributed by atoms with van der Waals surface area (Å²) in [5.41, 5.74) is 7.12. The predicted molar refractivity (Wildman–Crippen MR) is 83.3 cm³/mol. The number of nitrogens with zero attached hydrogens (tertiary/aromatic N) is 1. The predicted octanol–water partition coefficient (Wildman–Crippen LogP) is 2.74. The zero-order chi connectivity index (χ0) is 15.5. The zero-order valence-corrected chi connectivity index (χ0v) is 12.4. The summed E-state index contributed by atoms with van der Waals surface area (Å²) >= 11 is 5.93. The Kier molecular flexibility index (Phi) is 4.36. The number of nitrogens with two attached hydrogens (primary N) is 1. The second-order valence-corrected chi connectivity index (χ2v) is 6.50. The first kappa shape index (κ1) is 15.2. The Morgan fingerprint density at radius 1 is 1.24 bits per heavy atom. The smallest absolute Gasteiger partial charge is 0.237 e. The van der Waals surface area contributed by atoms with Crippen LogP contribution in [0.2, 0.25) is 5.02 Å². The van der Waals surface area contributed by atoms with E-state index in [0.717, 1.165) is 0 Å². The zero-order valence-electron chi connectivity index (χ0n) is 10.9. The molecule has 5 nitrogen and oxygen atoms in total. The van der Waals surface area contributed by atoms with Crippen molar-refractivity contribution in [1.82, 2.24) is 0 Å². The molecule has 0 aliphatic heterocycles. The number of halogens is 1. The number of nitrogens with one attached hydrogen (secondary N) is 1. The molecule has 0 radical (unpaired) electrons. The molecule has 0 fully saturated rings. The van der Waals surface area contributed by atoms with Crippen molar-refractivity contribution in [3.8, 4) is 6.07 Å². The third-order valence-electron chi connectivity index (χ3n) is 2.76. The van der Waals surface area contributed by atoms with Crippen LogP contribution in [0.15, 0.2) is 42.5 Å². The largest absolute Gasteiger partial charge is 0.398 e. The minimum absolute atomic E-state index is 0.171. The van der Waals surface area contributed by atoms with Crippen molar-refractivity contribution in [2.24, 2.45) is 0 Å². The van der Waals surface area contributed by atoms with Gasteiger partial charge in [0.05, 0.1) is 28.1 Å². The number of hydrogen-bond donors (Lipinski definition) is 2. The maximum atomic E-state index is 12.2. The summed E-state index contributed by atoms with van der Waals surface area (Å²) in [4.78, 5) is 0. The number of rotatable bonds is 4. The Morgan fingerprint density at radius 3 is 2.62 bits per heavy atom. The Labute approximate surface area is 128 Å². The molecule has 0 saturated heterocycles. The Morgan fingerprint density at radius 2 is 1.95 bits per heavy atom. The maximum absolute atomic E-state index is 12.2. The van der Waals surface area contributed by atoms with Gasteiger partial charge in [0, 0.05) is 5.69 Å². The van der Waals surface area contributed by atoms with Crippen molar-refractivity contribution in [2.75, 3.05) is 10.5 Å². The van der Waals surface area contributed by atoms with Crippen LogP contribution in [0, 0.1) is 11.3 Å². The summed E-state index contributed by atoms with van der Waals surface area (Å²) in [5.74, 6) is -0.271. The highest BCUT2D eigenvalue weighted by Crippen LogP contribution is 2.25. The van der Waals surface area contributed by atoms with Gasteiger partial charge in [-0.25, -0.2) is 8.42 Å². The van der Waals surface area contributed by atoms with E-state index in [1.54, 1.807) is 24.3 Å². The molecule has 2 aromatic carbocycles. The van der Waals surface area contributed by atoms with Gasteiger partial charge in [0.1, 0.15) is 0 Å². The maximum Gasteiger partial charge on any atom is 0.237 e. The van der Waals surface area contributed by atoms with Crippen LogP contribution in [-0.4, -0.2) is 8.42 Å². The average Bonchev–Trinajstić information content (AvgIpc) is 2.43. The van der Waals surface area contributed by atoms with Crippen molar-refractivity contribution >= 4 is 33.0 Å². The van der Waals surface area contributed by atoms with Gasteiger partial charge in [0.25, 0.3) is 0 Å². The first-order valence-electron chi connectivity index (χ1n) is 5.95. The minimum Gasteiger partial charge on any atom is -0.398 e. The van der Waals surface area contributed by atoms with E-state index in [2.05, 4.69) is 4.72 Å². The monoisotopic (exact) mass is 321 g/mol. The molecule has 0 bridgehead atoms. The first-order chi connectivity index (χ1) is 9.91. The summed E-state index contributed by atoms with van der Waals surface area (Å²) in [6, 6.07) is 13.0. The summed E-state index contributed by atoms with van der Waals surface area (Å²) in [6.07, 6.45) is 0. The first-order valence-corrected chi connectivity index (χ1v) is 7.98. The number of nitrogen functional groups attached to an aromatic ring is 1. The molecular weight excluding hydrogens is 310 g/mol. The van der Waals surface area contributed by atoms with Crippen molar-refractivity contribution < 1.29 is 8.42 Å². The number of para-hydroxylation sites is 1. The molecular formula is C14H12ClN3O2S. The Hall–Kier alpha value is -2.23. The van der Waals surface area contributed by atoms with Crippen LogP contribution in [0.4, 0.5) is 11.4 Å². The van der Waals surface area contributed by atoms with Crippen LogP contribution >= 0.6 is 11.6 Å². The lowest BCUT2D eigenvalue weighted by Crippen LogP contribution is -2.16. The molecule has 0 aliphatic carbocycles. The Balaban J connectivity index is 2.26. The van der Waals surface area contributed by atoms with Gasteiger partial charge in [-0.1, -0.05) is 29.8 Å². The molecule has 108 valence electrons. The molecule has 0 atom stereocenters. The van der Waals surface area contributed by atoms with Crippen LogP contribution < -0.4 is 10.5 Å². The summed E-state index contributed by atoms with van der Waals surface area (Å²) in [7, 11) is -3.68.